The Kier molecular flexibility index (Phi) is 5.51. The molecule has 3 amide bonds. The summed E-state index contributed by atoms with van der Waals surface area (Å²) in [6.07, 6.45) is 0.216. The van der Waals surface area contributed by atoms with Crippen molar-refractivity contribution in [2.45, 2.75) is 12.5 Å². The number of urea groups is 1. The van der Waals surface area contributed by atoms with Crippen LogP contribution in [0.3, 0.4) is 0 Å². The Morgan fingerprint density at radius 3 is 2.57 bits per heavy atom. The van der Waals surface area contributed by atoms with E-state index < -0.39 is 6.03 Å². The molecule has 2 heterocycles. The van der Waals surface area contributed by atoms with Crippen LogP contribution in [0, 0.1) is 0 Å². The van der Waals surface area contributed by atoms with Crippen LogP contribution in [0.15, 0.2) is 36.4 Å². The summed E-state index contributed by atoms with van der Waals surface area (Å²) < 4.78 is 21.5. The van der Waals surface area contributed by atoms with Crippen LogP contribution in [-0.2, 0) is 4.79 Å². The fourth-order valence-electron chi connectivity index (χ4n) is 3.52. The van der Waals surface area contributed by atoms with E-state index in [-0.39, 0.29) is 18.4 Å². The minimum atomic E-state index is -0.399. The molecule has 2 aliphatic rings. The monoisotopic (exact) mass is 413 g/mol. The maximum absolute atomic E-state index is 12.5. The van der Waals surface area contributed by atoms with Crippen LogP contribution in [0.4, 0.5) is 16.2 Å². The van der Waals surface area contributed by atoms with Gasteiger partial charge < -0.3 is 34.5 Å². The third-order valence-electron chi connectivity index (χ3n) is 4.94. The summed E-state index contributed by atoms with van der Waals surface area (Å²) in [6.45, 7) is 1.36. The fourth-order valence-corrected chi connectivity index (χ4v) is 3.52. The Morgan fingerprint density at radius 1 is 1.03 bits per heavy atom. The zero-order valence-corrected chi connectivity index (χ0v) is 16.8. The molecule has 1 fully saturated rings. The Balaban J connectivity index is 1.38. The van der Waals surface area contributed by atoms with Crippen molar-refractivity contribution in [3.05, 3.63) is 36.4 Å². The lowest BCUT2D eigenvalue weighted by atomic mass is 10.2. The predicted octanol–water partition coefficient (Wildman–Crippen LogP) is 2.40. The van der Waals surface area contributed by atoms with Gasteiger partial charge in [-0.1, -0.05) is 0 Å². The third kappa shape index (κ3) is 4.05. The van der Waals surface area contributed by atoms with Crippen molar-refractivity contribution in [1.29, 1.82) is 0 Å². The highest BCUT2D eigenvalue weighted by Crippen LogP contribution is 2.35. The van der Waals surface area contributed by atoms with Gasteiger partial charge in [-0.2, -0.15) is 0 Å². The molecule has 0 bridgehead atoms. The van der Waals surface area contributed by atoms with E-state index in [1.54, 1.807) is 42.3 Å². The van der Waals surface area contributed by atoms with Crippen molar-refractivity contribution in [1.82, 2.24) is 5.32 Å². The Hall–Kier alpha value is -3.62. The third-order valence-corrected chi connectivity index (χ3v) is 4.94. The maximum atomic E-state index is 12.5. The number of carbonyl (C=O) groups excluding carboxylic acids is 2. The van der Waals surface area contributed by atoms with Gasteiger partial charge in [-0.25, -0.2) is 4.79 Å². The van der Waals surface area contributed by atoms with Crippen molar-refractivity contribution < 1.29 is 28.5 Å². The number of hydrogen-bond donors (Lipinski definition) is 2. The van der Waals surface area contributed by atoms with Gasteiger partial charge in [-0.15, -0.1) is 0 Å². The fraction of sp³-hybridized carbons (Fsp3) is 0.333. The molecule has 9 heteroatoms. The second kappa shape index (κ2) is 8.40. The highest BCUT2D eigenvalue weighted by Gasteiger charge is 2.32. The van der Waals surface area contributed by atoms with Crippen molar-refractivity contribution in [3.63, 3.8) is 0 Å². The lowest BCUT2D eigenvalue weighted by Crippen LogP contribution is -2.39. The molecule has 0 spiro atoms. The minimum absolute atomic E-state index is 0.0666. The van der Waals surface area contributed by atoms with E-state index in [4.69, 9.17) is 18.9 Å². The maximum Gasteiger partial charge on any atom is 0.319 e. The van der Waals surface area contributed by atoms with E-state index in [1.165, 1.54) is 7.11 Å². The van der Waals surface area contributed by atoms with E-state index in [2.05, 4.69) is 10.6 Å². The SMILES string of the molecule is COc1ccc(NC(=O)NC2CC(=O)N(c3ccc4c(c3)OCCO4)C2)cc1OC. The van der Waals surface area contributed by atoms with E-state index in [1.807, 2.05) is 6.07 Å². The average molecular weight is 413 g/mol. The Bertz CT molecular complexity index is 964. The molecule has 2 N–H and O–H groups in total. The highest BCUT2D eigenvalue weighted by molar-refractivity contribution is 5.98. The summed E-state index contributed by atoms with van der Waals surface area (Å²) in [5, 5.41) is 5.60. The number of hydrogen-bond acceptors (Lipinski definition) is 6. The molecule has 2 aromatic carbocycles. The highest BCUT2D eigenvalue weighted by atomic mass is 16.6. The molecule has 2 aromatic rings. The quantitative estimate of drug-likeness (QED) is 0.781. The van der Waals surface area contributed by atoms with Gasteiger partial charge in [0.1, 0.15) is 13.2 Å². The number of nitrogens with zero attached hydrogens (tertiary/aromatic N) is 1. The molecule has 1 unspecified atom stereocenters. The summed E-state index contributed by atoms with van der Waals surface area (Å²) in [4.78, 5) is 26.5. The number of methoxy groups -OCH3 is 2. The van der Waals surface area contributed by atoms with Gasteiger partial charge in [-0.3, -0.25) is 4.79 Å². The molecular weight excluding hydrogens is 390 g/mol. The van der Waals surface area contributed by atoms with E-state index in [0.717, 1.165) is 0 Å². The molecule has 2 aliphatic heterocycles. The summed E-state index contributed by atoms with van der Waals surface area (Å²) in [5.74, 6) is 2.30. The van der Waals surface area contributed by atoms with E-state index in [0.29, 0.717) is 54.1 Å². The second-order valence-electron chi connectivity index (χ2n) is 6.90. The minimum Gasteiger partial charge on any atom is -0.493 e. The van der Waals surface area contributed by atoms with Crippen molar-refractivity contribution in [3.8, 4) is 23.0 Å². The molecule has 4 rings (SSSR count). The summed E-state index contributed by atoms with van der Waals surface area (Å²) >= 11 is 0. The number of nitrogens with one attached hydrogen (secondary N) is 2. The molecular formula is C21H23N3O6. The molecule has 9 nitrogen and oxygen atoms in total. The molecule has 158 valence electrons. The zero-order chi connectivity index (χ0) is 21.1. The number of amides is 3. The first kappa shape index (κ1) is 19.7. The lowest BCUT2D eigenvalue weighted by Gasteiger charge is -2.22. The van der Waals surface area contributed by atoms with E-state index in [9.17, 15) is 9.59 Å². The smallest absolute Gasteiger partial charge is 0.319 e. The molecule has 0 radical (unpaired) electrons. The molecule has 0 aliphatic carbocycles. The molecule has 30 heavy (non-hydrogen) atoms. The summed E-state index contributed by atoms with van der Waals surface area (Å²) in [6, 6.07) is 9.77. The van der Waals surface area contributed by atoms with Crippen LogP contribution in [-0.4, -0.2) is 52.0 Å². The largest absolute Gasteiger partial charge is 0.493 e. The zero-order valence-electron chi connectivity index (χ0n) is 16.8. The van der Waals surface area contributed by atoms with Crippen molar-refractivity contribution in [2.24, 2.45) is 0 Å². The van der Waals surface area contributed by atoms with Crippen LogP contribution in [0.25, 0.3) is 0 Å². The van der Waals surface area contributed by atoms with Gasteiger partial charge in [0.2, 0.25) is 5.91 Å². The van der Waals surface area contributed by atoms with Gasteiger partial charge in [0, 0.05) is 36.5 Å². The Labute approximate surface area is 173 Å². The standard InChI is InChI=1S/C21H23N3O6/c1-27-16-5-3-13(9-18(16)28-2)22-21(26)23-14-10-20(25)24(12-14)15-4-6-17-19(11-15)30-8-7-29-17/h3-6,9,11,14H,7-8,10,12H2,1-2H3,(H2,22,23,26). The molecule has 1 saturated heterocycles. The normalized spacial score (nSPS) is 17.5. The lowest BCUT2D eigenvalue weighted by molar-refractivity contribution is -0.117. The van der Waals surface area contributed by atoms with Crippen molar-refractivity contribution >= 4 is 23.3 Å². The van der Waals surface area contributed by atoms with Crippen molar-refractivity contribution in [2.75, 3.05) is 44.2 Å². The molecule has 1 atom stereocenters. The number of fused-ring (bicyclic) bond motifs is 1. The number of anilines is 2. The topological polar surface area (TPSA) is 98.4 Å². The van der Waals surface area contributed by atoms with Crippen LogP contribution in [0.5, 0.6) is 23.0 Å². The van der Waals surface area contributed by atoms with E-state index >= 15 is 0 Å². The van der Waals surface area contributed by atoms with Gasteiger partial charge in [0.25, 0.3) is 0 Å². The first-order valence-corrected chi connectivity index (χ1v) is 9.57. The summed E-state index contributed by atoms with van der Waals surface area (Å²) in [7, 11) is 3.07. The van der Waals surface area contributed by atoms with Crippen LogP contribution in [0.1, 0.15) is 6.42 Å². The van der Waals surface area contributed by atoms with Crippen LogP contribution in [0.2, 0.25) is 0 Å². The Morgan fingerprint density at radius 2 is 1.80 bits per heavy atom. The van der Waals surface area contributed by atoms with Crippen LogP contribution < -0.4 is 34.5 Å². The molecule has 0 aromatic heterocycles. The van der Waals surface area contributed by atoms with Gasteiger partial charge >= 0.3 is 6.03 Å². The number of rotatable bonds is 5. The van der Waals surface area contributed by atoms with Gasteiger partial charge in [-0.05, 0) is 24.3 Å². The van der Waals surface area contributed by atoms with Crippen LogP contribution >= 0.6 is 0 Å². The number of ether oxygens (including phenoxy) is 4. The van der Waals surface area contributed by atoms with Gasteiger partial charge in [0.05, 0.1) is 20.3 Å². The number of carbonyl (C=O) groups is 2. The second-order valence-corrected chi connectivity index (χ2v) is 6.90. The first-order valence-electron chi connectivity index (χ1n) is 9.57. The van der Waals surface area contributed by atoms with Gasteiger partial charge in [0.15, 0.2) is 23.0 Å². The summed E-state index contributed by atoms with van der Waals surface area (Å²) in [5.41, 5.74) is 1.27. The average Bonchev–Trinajstić information content (AvgIpc) is 3.12. The number of benzene rings is 2. The molecule has 0 saturated carbocycles. The first-order chi connectivity index (χ1) is 14.6. The predicted molar refractivity (Wildman–Crippen MR) is 110 cm³/mol.